The Labute approximate surface area is 151 Å². The van der Waals surface area contributed by atoms with E-state index in [9.17, 15) is 9.90 Å². The van der Waals surface area contributed by atoms with E-state index in [1.165, 1.54) is 0 Å². The van der Waals surface area contributed by atoms with E-state index in [1.54, 1.807) is 17.7 Å². The molecule has 1 aromatic heterocycles. The number of hydrogen-bond acceptors (Lipinski definition) is 5. The molecule has 0 aliphatic carbocycles. The van der Waals surface area contributed by atoms with Gasteiger partial charge in [-0.1, -0.05) is 18.2 Å². The first-order chi connectivity index (χ1) is 12.7. The molecule has 2 heterocycles. The Kier molecular flexibility index (Phi) is 4.42. The number of piperidine rings is 1. The standard InChI is InChI=1S/C20H22N2O4/c1-25-16-9-8-14(18(23)11-16)12-21-10-4-5-15(13-21)22-17-6-2-3-7-19(17)26-20(22)24/h2-3,6-9,11,15,23H,4-5,10,12-13H2,1H3/t15-/m0/s1. The van der Waals surface area contributed by atoms with Crippen molar-refractivity contribution in [2.75, 3.05) is 20.2 Å². The summed E-state index contributed by atoms with van der Waals surface area (Å²) in [5.74, 6) is 0.571. The summed E-state index contributed by atoms with van der Waals surface area (Å²) in [5.41, 5.74) is 2.33. The zero-order valence-electron chi connectivity index (χ0n) is 14.7. The summed E-state index contributed by atoms with van der Waals surface area (Å²) in [6, 6.07) is 13.0. The smallest absolute Gasteiger partial charge is 0.420 e. The number of para-hydroxylation sites is 2. The third-order valence-corrected chi connectivity index (χ3v) is 5.05. The molecule has 1 aliphatic heterocycles. The molecule has 0 unspecified atom stereocenters. The molecule has 0 bridgehead atoms. The minimum Gasteiger partial charge on any atom is -0.507 e. The summed E-state index contributed by atoms with van der Waals surface area (Å²) in [6.45, 7) is 2.32. The van der Waals surface area contributed by atoms with E-state index in [-0.39, 0.29) is 17.5 Å². The van der Waals surface area contributed by atoms with Crippen LogP contribution in [0.1, 0.15) is 24.4 Å². The number of likely N-dealkylation sites (tertiary alicyclic amines) is 1. The van der Waals surface area contributed by atoms with Crippen molar-refractivity contribution in [3.8, 4) is 11.5 Å². The number of fused-ring (bicyclic) bond motifs is 1. The van der Waals surface area contributed by atoms with Gasteiger partial charge < -0.3 is 14.3 Å². The van der Waals surface area contributed by atoms with E-state index in [4.69, 9.17) is 9.15 Å². The van der Waals surface area contributed by atoms with Gasteiger partial charge in [-0.15, -0.1) is 0 Å². The van der Waals surface area contributed by atoms with Crippen LogP contribution in [0.15, 0.2) is 51.7 Å². The molecule has 6 heteroatoms. The number of hydrogen-bond donors (Lipinski definition) is 1. The highest BCUT2D eigenvalue weighted by molar-refractivity contribution is 5.72. The topological polar surface area (TPSA) is 67.8 Å². The van der Waals surface area contributed by atoms with Crippen LogP contribution in [-0.4, -0.2) is 34.8 Å². The summed E-state index contributed by atoms with van der Waals surface area (Å²) in [6.07, 6.45) is 1.93. The normalized spacial score (nSPS) is 18.3. The van der Waals surface area contributed by atoms with Crippen LogP contribution in [0.3, 0.4) is 0 Å². The van der Waals surface area contributed by atoms with E-state index in [0.717, 1.165) is 37.0 Å². The molecule has 2 aromatic carbocycles. The Hall–Kier alpha value is -2.73. The maximum Gasteiger partial charge on any atom is 0.420 e. The van der Waals surface area contributed by atoms with Crippen LogP contribution in [0.25, 0.3) is 11.1 Å². The highest BCUT2D eigenvalue weighted by Crippen LogP contribution is 2.29. The molecule has 1 atom stereocenters. The Balaban J connectivity index is 1.56. The molecule has 26 heavy (non-hydrogen) atoms. The summed E-state index contributed by atoms with van der Waals surface area (Å²) < 4.78 is 12.3. The lowest BCUT2D eigenvalue weighted by Crippen LogP contribution is -2.38. The molecule has 4 rings (SSSR count). The van der Waals surface area contributed by atoms with E-state index in [0.29, 0.717) is 17.9 Å². The maximum atomic E-state index is 12.4. The number of aromatic nitrogens is 1. The van der Waals surface area contributed by atoms with Crippen molar-refractivity contribution in [3.05, 3.63) is 58.6 Å². The van der Waals surface area contributed by atoms with Crippen LogP contribution < -0.4 is 10.5 Å². The number of aromatic hydroxyl groups is 1. The molecule has 0 radical (unpaired) electrons. The second-order valence-corrected chi connectivity index (χ2v) is 6.73. The average Bonchev–Trinajstić information content (AvgIpc) is 2.99. The fourth-order valence-corrected chi connectivity index (χ4v) is 3.76. The van der Waals surface area contributed by atoms with Gasteiger partial charge in [0.15, 0.2) is 5.58 Å². The van der Waals surface area contributed by atoms with Crippen molar-refractivity contribution >= 4 is 11.1 Å². The van der Waals surface area contributed by atoms with Crippen LogP contribution >= 0.6 is 0 Å². The molecule has 1 N–H and O–H groups in total. The Morgan fingerprint density at radius 2 is 2.12 bits per heavy atom. The van der Waals surface area contributed by atoms with Gasteiger partial charge in [-0.3, -0.25) is 9.47 Å². The van der Waals surface area contributed by atoms with Gasteiger partial charge in [0.1, 0.15) is 11.5 Å². The van der Waals surface area contributed by atoms with Crippen molar-refractivity contribution < 1.29 is 14.3 Å². The van der Waals surface area contributed by atoms with Gasteiger partial charge in [-0.05, 0) is 37.6 Å². The van der Waals surface area contributed by atoms with Gasteiger partial charge in [0.05, 0.1) is 18.7 Å². The van der Waals surface area contributed by atoms with Gasteiger partial charge >= 0.3 is 5.76 Å². The molecule has 0 amide bonds. The van der Waals surface area contributed by atoms with Gasteiger partial charge in [0.25, 0.3) is 0 Å². The van der Waals surface area contributed by atoms with Crippen molar-refractivity contribution in [2.24, 2.45) is 0 Å². The molecule has 0 spiro atoms. The SMILES string of the molecule is COc1ccc(CN2CCC[C@H](n3c(=O)oc4ccccc43)C2)c(O)c1. The quantitative estimate of drug-likeness (QED) is 0.780. The van der Waals surface area contributed by atoms with E-state index < -0.39 is 0 Å². The van der Waals surface area contributed by atoms with Crippen LogP contribution in [0.2, 0.25) is 0 Å². The predicted octanol–water partition coefficient (Wildman–Crippen LogP) is 3.15. The molecule has 1 saturated heterocycles. The second-order valence-electron chi connectivity index (χ2n) is 6.73. The first kappa shape index (κ1) is 16.7. The summed E-state index contributed by atoms with van der Waals surface area (Å²) in [7, 11) is 1.58. The number of ether oxygens (including phenoxy) is 1. The van der Waals surface area contributed by atoms with Crippen LogP contribution in [-0.2, 0) is 6.54 Å². The number of methoxy groups -OCH3 is 1. The fraction of sp³-hybridized carbons (Fsp3) is 0.350. The van der Waals surface area contributed by atoms with Gasteiger partial charge in [0, 0.05) is 24.7 Å². The molecule has 1 fully saturated rings. The number of benzene rings is 2. The number of oxazole rings is 1. The Morgan fingerprint density at radius 1 is 1.27 bits per heavy atom. The van der Waals surface area contributed by atoms with Gasteiger partial charge in [-0.25, -0.2) is 4.79 Å². The predicted molar refractivity (Wildman–Crippen MR) is 98.7 cm³/mol. The second kappa shape index (κ2) is 6.88. The zero-order valence-corrected chi connectivity index (χ0v) is 14.7. The Morgan fingerprint density at radius 3 is 2.92 bits per heavy atom. The first-order valence-corrected chi connectivity index (χ1v) is 8.84. The monoisotopic (exact) mass is 354 g/mol. The fourth-order valence-electron chi connectivity index (χ4n) is 3.76. The van der Waals surface area contributed by atoms with Crippen molar-refractivity contribution in [3.63, 3.8) is 0 Å². The van der Waals surface area contributed by atoms with Crippen molar-refractivity contribution in [1.29, 1.82) is 0 Å². The molecular formula is C20H22N2O4. The summed E-state index contributed by atoms with van der Waals surface area (Å²) in [4.78, 5) is 14.6. The third-order valence-electron chi connectivity index (χ3n) is 5.05. The molecule has 0 saturated carbocycles. The average molecular weight is 354 g/mol. The highest BCUT2D eigenvalue weighted by Gasteiger charge is 2.25. The van der Waals surface area contributed by atoms with Gasteiger partial charge in [-0.2, -0.15) is 0 Å². The minimum absolute atomic E-state index is 0.0697. The lowest BCUT2D eigenvalue weighted by Gasteiger charge is -2.33. The lowest BCUT2D eigenvalue weighted by atomic mass is 10.0. The summed E-state index contributed by atoms with van der Waals surface area (Å²) in [5, 5.41) is 10.2. The highest BCUT2D eigenvalue weighted by atomic mass is 16.5. The maximum absolute atomic E-state index is 12.4. The van der Waals surface area contributed by atoms with Crippen molar-refractivity contribution in [1.82, 2.24) is 9.47 Å². The first-order valence-electron chi connectivity index (χ1n) is 8.84. The van der Waals surface area contributed by atoms with E-state index >= 15 is 0 Å². The lowest BCUT2D eigenvalue weighted by molar-refractivity contribution is 0.166. The number of phenolic OH excluding ortho intramolecular Hbond substituents is 1. The van der Waals surface area contributed by atoms with Crippen LogP contribution in [0, 0.1) is 0 Å². The molecule has 1 aliphatic rings. The molecular weight excluding hydrogens is 332 g/mol. The van der Waals surface area contributed by atoms with E-state index in [2.05, 4.69) is 4.90 Å². The summed E-state index contributed by atoms with van der Waals surface area (Å²) >= 11 is 0. The van der Waals surface area contributed by atoms with Crippen LogP contribution in [0.4, 0.5) is 0 Å². The Bertz CT molecular complexity index is 975. The molecule has 136 valence electrons. The number of rotatable bonds is 4. The van der Waals surface area contributed by atoms with Gasteiger partial charge in [0.2, 0.25) is 0 Å². The zero-order chi connectivity index (χ0) is 18.1. The largest absolute Gasteiger partial charge is 0.507 e. The third kappa shape index (κ3) is 3.08. The van der Waals surface area contributed by atoms with E-state index in [1.807, 2.05) is 36.4 Å². The minimum atomic E-state index is -0.301. The molecule has 3 aromatic rings. The number of nitrogens with zero attached hydrogens (tertiary/aromatic N) is 2. The molecule has 6 nitrogen and oxygen atoms in total. The number of phenols is 1. The van der Waals surface area contributed by atoms with Crippen molar-refractivity contribution in [2.45, 2.75) is 25.4 Å². The van der Waals surface area contributed by atoms with Crippen LogP contribution in [0.5, 0.6) is 11.5 Å².